The van der Waals surface area contributed by atoms with E-state index in [2.05, 4.69) is 31.9 Å². The van der Waals surface area contributed by atoms with Gasteiger partial charge in [-0.1, -0.05) is 122 Å². The summed E-state index contributed by atoms with van der Waals surface area (Å²) in [7, 11) is 0. The molecule has 0 bridgehead atoms. The van der Waals surface area contributed by atoms with Gasteiger partial charge in [0.15, 0.2) is 0 Å². The minimum absolute atomic E-state index is 0.0188. The van der Waals surface area contributed by atoms with Gasteiger partial charge in [-0.3, -0.25) is 57.5 Å². The average Bonchev–Trinajstić information content (AvgIpc) is 1.79. The van der Waals surface area contributed by atoms with E-state index >= 15 is 0 Å². The van der Waals surface area contributed by atoms with E-state index in [9.17, 15) is 71.9 Å². The Morgan fingerprint density at radius 2 is 0.433 bits per heavy atom. The monoisotopic (exact) mass is 1470 g/mol. The Morgan fingerprint density at radius 1 is 0.260 bits per heavy atom. The van der Waals surface area contributed by atoms with Crippen LogP contribution in [0.2, 0.25) is 0 Å². The van der Waals surface area contributed by atoms with Crippen LogP contribution in [0.5, 0.6) is 0 Å². The molecule has 0 spiro atoms. The highest BCUT2D eigenvalue weighted by Gasteiger charge is 2.35. The van der Waals surface area contributed by atoms with E-state index in [-0.39, 0.29) is 152 Å². The molecule has 3 heterocycles. The molecule has 0 radical (unpaired) electrons. The topological polar surface area (TPSA) is 393 Å². The van der Waals surface area contributed by atoms with Crippen LogP contribution < -0.4 is 31.9 Å². The molecule has 0 aromatic heterocycles. The van der Waals surface area contributed by atoms with Gasteiger partial charge < -0.3 is 60.6 Å². The number of carbonyl (C=O) groups excluding carboxylic acids is 15. The standard InChI is InChI=1S/C74H123N9O21/c1-74(56-99-53-44-62(87)78-50-29-14-2-8-20-32-59(84)75-47-26-17-5-11-23-35-71(96)102-81-65(90)38-39-66(81)91,57-100-54-45-63(88)79-51-30-15-3-9-21-33-60(85)76-48-27-18-6-12-24-36-72(97)103-82-67(92)40-41-68(82)93)58-101-55-46-64(89)80-52-31-16-4-10-22-34-61(86)77-49-28-19-7-13-25-37-73(98)104-83-69(94)42-43-70(83)95/h2-58H2,1H3,(H,75,84)(H,76,85)(H,77,86)(H,78,87)(H,79,88)(H,80,89). The predicted molar refractivity (Wildman–Crippen MR) is 380 cm³/mol. The Morgan fingerprint density at radius 3 is 0.644 bits per heavy atom. The number of hydrogen-bond donors (Lipinski definition) is 6. The van der Waals surface area contributed by atoms with Gasteiger partial charge in [-0.05, 0) is 77.0 Å². The van der Waals surface area contributed by atoms with Crippen LogP contribution in [0.3, 0.4) is 0 Å². The zero-order chi connectivity index (χ0) is 75.7. The Bertz CT molecular complexity index is 2320. The largest absolute Gasteiger partial charge is 0.380 e. The van der Waals surface area contributed by atoms with Crippen LogP contribution in [0.15, 0.2) is 0 Å². The molecule has 3 aliphatic heterocycles. The van der Waals surface area contributed by atoms with Gasteiger partial charge in [-0.25, -0.2) is 14.4 Å². The fourth-order valence-corrected chi connectivity index (χ4v) is 11.5. The molecule has 590 valence electrons. The molecule has 0 saturated carbocycles. The number of nitrogens with zero attached hydrogens (tertiary/aromatic N) is 3. The fourth-order valence-electron chi connectivity index (χ4n) is 11.5. The van der Waals surface area contributed by atoms with Gasteiger partial charge in [0.05, 0.1) is 39.6 Å². The van der Waals surface area contributed by atoms with Crippen molar-refractivity contribution in [3.8, 4) is 0 Å². The van der Waals surface area contributed by atoms with Crippen molar-refractivity contribution in [3.05, 3.63) is 0 Å². The number of nitrogens with one attached hydrogen (secondary N) is 6. The van der Waals surface area contributed by atoms with Crippen molar-refractivity contribution in [1.29, 1.82) is 0 Å². The van der Waals surface area contributed by atoms with Crippen molar-refractivity contribution >= 4 is 88.8 Å². The second-order valence-electron chi connectivity index (χ2n) is 27.6. The zero-order valence-corrected chi connectivity index (χ0v) is 62.2. The van der Waals surface area contributed by atoms with E-state index in [0.29, 0.717) is 93.0 Å². The smallest absolute Gasteiger partial charge is 0.333 e. The van der Waals surface area contributed by atoms with Crippen LogP contribution in [0.1, 0.15) is 296 Å². The second kappa shape index (κ2) is 57.8. The van der Waals surface area contributed by atoms with Gasteiger partial charge in [0.2, 0.25) is 35.4 Å². The highest BCUT2D eigenvalue weighted by atomic mass is 16.7. The third kappa shape index (κ3) is 46.4. The lowest BCUT2D eigenvalue weighted by Gasteiger charge is -2.29. The highest BCUT2D eigenvalue weighted by Crippen LogP contribution is 2.21. The van der Waals surface area contributed by atoms with Crippen molar-refractivity contribution < 1.29 is 101 Å². The van der Waals surface area contributed by atoms with Crippen molar-refractivity contribution in [2.45, 2.75) is 296 Å². The molecule has 104 heavy (non-hydrogen) atoms. The second-order valence-corrected chi connectivity index (χ2v) is 27.6. The first kappa shape index (κ1) is 90.7. The number of carbonyl (C=O) groups is 15. The molecule has 3 aliphatic rings. The molecular weight excluding hydrogens is 1350 g/mol. The Hall–Kier alpha value is -7.47. The molecule has 0 aromatic rings. The maximum atomic E-state index is 12.7. The molecule has 0 unspecified atom stereocenters. The maximum absolute atomic E-state index is 12.7. The van der Waals surface area contributed by atoms with Gasteiger partial charge in [0, 0.05) is 141 Å². The van der Waals surface area contributed by atoms with Crippen LogP contribution in [0.4, 0.5) is 0 Å². The third-order valence-corrected chi connectivity index (χ3v) is 17.7. The van der Waals surface area contributed by atoms with Crippen molar-refractivity contribution in [3.63, 3.8) is 0 Å². The SMILES string of the molecule is CC(COCCC(=O)NCCCCCCCC(=O)NCCCCCCCC(=O)ON1C(=O)CCC1=O)(COCCC(=O)NCCCCCCCC(=O)NCCCCCCCC(=O)ON1C(=O)CCC1=O)COCCC(=O)NCCCCCCCC(=O)NCCCCCCCC(=O)ON1C(=O)CCC1=O. The first-order valence-electron chi connectivity index (χ1n) is 38.8. The molecule has 12 amide bonds. The van der Waals surface area contributed by atoms with Crippen molar-refractivity contribution in [2.24, 2.45) is 5.41 Å². The minimum Gasteiger partial charge on any atom is -0.380 e. The van der Waals surface area contributed by atoms with Gasteiger partial charge in [-0.2, -0.15) is 0 Å². The number of amides is 12. The summed E-state index contributed by atoms with van der Waals surface area (Å²) in [5.74, 6) is -5.06. The van der Waals surface area contributed by atoms with Crippen LogP contribution in [-0.2, 0) is 101 Å². The molecule has 3 saturated heterocycles. The average molecular weight is 1470 g/mol. The number of hydrogen-bond acceptors (Lipinski definition) is 21. The van der Waals surface area contributed by atoms with Crippen molar-refractivity contribution in [2.75, 3.05) is 78.9 Å². The molecule has 0 atom stereocenters. The first-order valence-corrected chi connectivity index (χ1v) is 38.8. The third-order valence-electron chi connectivity index (χ3n) is 17.7. The number of rotatable bonds is 66. The molecule has 30 heteroatoms. The summed E-state index contributed by atoms with van der Waals surface area (Å²) in [5, 5.41) is 19.4. The summed E-state index contributed by atoms with van der Waals surface area (Å²) in [6, 6.07) is 0. The summed E-state index contributed by atoms with van der Waals surface area (Å²) in [5.41, 5.74) is -0.658. The number of imide groups is 3. The van der Waals surface area contributed by atoms with Crippen LogP contribution in [-0.4, -0.2) is 183 Å². The zero-order valence-electron chi connectivity index (χ0n) is 62.2. The van der Waals surface area contributed by atoms with Crippen LogP contribution >= 0.6 is 0 Å². The molecular formula is C74H123N9O21. The molecule has 6 N–H and O–H groups in total. The van der Waals surface area contributed by atoms with E-state index in [1.165, 1.54) is 0 Å². The Kier molecular flexibility index (Phi) is 50.4. The summed E-state index contributed by atoms with van der Waals surface area (Å²) in [4.78, 5) is 195. The summed E-state index contributed by atoms with van der Waals surface area (Å²) >= 11 is 0. The van der Waals surface area contributed by atoms with Gasteiger partial charge in [0.1, 0.15) is 0 Å². The van der Waals surface area contributed by atoms with E-state index < -0.39 is 58.8 Å². The summed E-state index contributed by atoms with van der Waals surface area (Å²) in [6.07, 6.45) is 27.6. The fraction of sp³-hybridized carbons (Fsp3) is 0.797. The molecule has 3 rings (SSSR count). The number of unbranched alkanes of at least 4 members (excludes halogenated alkanes) is 24. The summed E-state index contributed by atoms with van der Waals surface area (Å²) < 4.78 is 18.0. The van der Waals surface area contributed by atoms with Crippen molar-refractivity contribution in [1.82, 2.24) is 47.1 Å². The lowest BCUT2D eigenvalue weighted by atomic mass is 9.94. The normalized spacial score (nSPS) is 13.8. The van der Waals surface area contributed by atoms with Gasteiger partial charge in [-0.15, -0.1) is 15.2 Å². The van der Waals surface area contributed by atoms with Crippen LogP contribution in [0, 0.1) is 5.41 Å². The lowest BCUT2D eigenvalue weighted by Crippen LogP contribution is -2.36. The predicted octanol–water partition coefficient (Wildman–Crippen LogP) is 7.78. The Labute approximate surface area is 614 Å². The molecule has 0 aliphatic carbocycles. The first-order chi connectivity index (χ1) is 50.2. The van der Waals surface area contributed by atoms with E-state index in [1.54, 1.807) is 0 Å². The quantitative estimate of drug-likeness (QED) is 0.0250. The summed E-state index contributed by atoms with van der Waals surface area (Å²) in [6.45, 7) is 6.39. The van der Waals surface area contributed by atoms with Gasteiger partial charge in [0.25, 0.3) is 35.4 Å². The molecule has 30 nitrogen and oxygen atoms in total. The lowest BCUT2D eigenvalue weighted by molar-refractivity contribution is -0.197. The van der Waals surface area contributed by atoms with E-state index in [1.807, 2.05) is 6.92 Å². The Balaban J connectivity index is 1.21. The van der Waals surface area contributed by atoms with Gasteiger partial charge >= 0.3 is 17.9 Å². The number of ether oxygens (including phenoxy) is 3. The molecule has 3 fully saturated rings. The number of hydroxylamine groups is 6. The minimum atomic E-state index is -0.658. The van der Waals surface area contributed by atoms with E-state index in [4.69, 9.17) is 28.7 Å². The van der Waals surface area contributed by atoms with E-state index in [0.717, 1.165) is 173 Å². The molecule has 0 aromatic carbocycles. The highest BCUT2D eigenvalue weighted by molar-refractivity contribution is 6.03. The maximum Gasteiger partial charge on any atom is 0.333 e. The van der Waals surface area contributed by atoms with Crippen LogP contribution in [0.25, 0.3) is 0 Å².